The first-order chi connectivity index (χ1) is 11.4. The van der Waals surface area contributed by atoms with Gasteiger partial charge in [0, 0.05) is 37.3 Å². The maximum absolute atomic E-state index is 11.1. The smallest absolute Gasteiger partial charge is 0.320 e. The number of hydrogen-bond acceptors (Lipinski definition) is 5. The molecule has 3 N–H and O–H groups in total. The van der Waals surface area contributed by atoms with Gasteiger partial charge in [-0.2, -0.15) is 0 Å². The van der Waals surface area contributed by atoms with E-state index in [1.807, 2.05) is 42.3 Å². The molecular formula is C17H19N3O4. The van der Waals surface area contributed by atoms with Gasteiger partial charge in [0.25, 0.3) is 5.69 Å². The van der Waals surface area contributed by atoms with Crippen LogP contribution in [0.15, 0.2) is 48.5 Å². The number of anilines is 1. The lowest BCUT2D eigenvalue weighted by Crippen LogP contribution is -2.32. The molecule has 0 aliphatic heterocycles. The number of rotatable bonds is 7. The first kappa shape index (κ1) is 17.4. The highest BCUT2D eigenvalue weighted by molar-refractivity contribution is 5.73. The molecule has 0 radical (unpaired) electrons. The van der Waals surface area contributed by atoms with Crippen molar-refractivity contribution in [2.45, 2.75) is 19.0 Å². The van der Waals surface area contributed by atoms with Crippen LogP contribution in [0, 0.1) is 10.1 Å². The fourth-order valence-electron chi connectivity index (χ4n) is 2.45. The Morgan fingerprint density at radius 3 is 2.54 bits per heavy atom. The normalized spacial score (nSPS) is 11.8. The van der Waals surface area contributed by atoms with Gasteiger partial charge in [-0.1, -0.05) is 24.3 Å². The highest BCUT2D eigenvalue weighted by Gasteiger charge is 2.20. The lowest BCUT2D eigenvalue weighted by atomic mass is 10.0. The van der Waals surface area contributed by atoms with Crippen LogP contribution in [0.1, 0.15) is 11.1 Å². The van der Waals surface area contributed by atoms with Crippen LogP contribution in [0.2, 0.25) is 0 Å². The minimum Gasteiger partial charge on any atom is -0.480 e. The van der Waals surface area contributed by atoms with Gasteiger partial charge in [-0.25, -0.2) is 0 Å². The number of benzene rings is 2. The summed E-state index contributed by atoms with van der Waals surface area (Å²) in [5, 5.41) is 20.1. The van der Waals surface area contributed by atoms with E-state index in [1.54, 1.807) is 12.1 Å². The van der Waals surface area contributed by atoms with Crippen LogP contribution in [0.4, 0.5) is 11.4 Å². The second-order valence-corrected chi connectivity index (χ2v) is 5.56. The molecule has 7 nitrogen and oxygen atoms in total. The molecule has 0 aliphatic carbocycles. The van der Waals surface area contributed by atoms with Crippen molar-refractivity contribution in [1.82, 2.24) is 0 Å². The standard InChI is InChI=1S/C17H19N3O4/c1-19(14-5-3-2-4-6-14)11-12-7-8-16(20(23)24)13(9-12)10-15(18)17(21)22/h2-9,15H,10-11,18H2,1H3,(H,21,22). The number of para-hydroxylation sites is 1. The Bertz CT molecular complexity index is 734. The van der Waals surface area contributed by atoms with Crippen molar-refractivity contribution >= 4 is 17.3 Å². The first-order valence-electron chi connectivity index (χ1n) is 7.39. The van der Waals surface area contributed by atoms with Crippen molar-refractivity contribution in [2.24, 2.45) is 5.73 Å². The number of aliphatic carboxylic acids is 1. The van der Waals surface area contributed by atoms with Crippen LogP contribution in [0.5, 0.6) is 0 Å². The Morgan fingerprint density at radius 1 is 1.29 bits per heavy atom. The van der Waals surface area contributed by atoms with Crippen LogP contribution in [-0.2, 0) is 17.8 Å². The molecule has 1 unspecified atom stereocenters. The molecule has 7 heteroatoms. The number of nitro groups is 1. The van der Waals surface area contributed by atoms with Crippen LogP contribution in [0.3, 0.4) is 0 Å². The molecule has 0 saturated heterocycles. The molecular weight excluding hydrogens is 310 g/mol. The Kier molecular flexibility index (Phi) is 5.49. The number of nitro benzene ring substituents is 1. The molecule has 126 valence electrons. The van der Waals surface area contributed by atoms with Crippen molar-refractivity contribution < 1.29 is 14.8 Å². The van der Waals surface area contributed by atoms with Gasteiger partial charge in [-0.15, -0.1) is 0 Å². The van der Waals surface area contributed by atoms with E-state index >= 15 is 0 Å². The molecule has 2 rings (SSSR count). The van der Waals surface area contributed by atoms with E-state index in [4.69, 9.17) is 10.8 Å². The fraction of sp³-hybridized carbons (Fsp3) is 0.235. The number of hydrogen-bond donors (Lipinski definition) is 2. The van der Waals surface area contributed by atoms with Gasteiger partial charge in [-0.05, 0) is 23.8 Å². The Hall–Kier alpha value is -2.93. The molecule has 2 aromatic carbocycles. The average Bonchev–Trinajstić information content (AvgIpc) is 2.55. The maximum atomic E-state index is 11.1. The van der Waals surface area contributed by atoms with Gasteiger partial charge in [0.1, 0.15) is 6.04 Å². The third kappa shape index (κ3) is 4.30. The molecule has 0 spiro atoms. The van der Waals surface area contributed by atoms with E-state index in [1.165, 1.54) is 6.07 Å². The van der Waals surface area contributed by atoms with E-state index < -0.39 is 16.9 Å². The van der Waals surface area contributed by atoms with Crippen LogP contribution in [0.25, 0.3) is 0 Å². The summed E-state index contributed by atoms with van der Waals surface area (Å²) in [6.45, 7) is 0.539. The van der Waals surface area contributed by atoms with E-state index in [-0.39, 0.29) is 12.1 Å². The minimum absolute atomic E-state index is 0.0888. The first-order valence-corrected chi connectivity index (χ1v) is 7.39. The number of carboxylic acids is 1. The summed E-state index contributed by atoms with van der Waals surface area (Å²) in [7, 11) is 1.92. The summed E-state index contributed by atoms with van der Waals surface area (Å²) in [4.78, 5) is 23.5. The zero-order chi connectivity index (χ0) is 17.7. The maximum Gasteiger partial charge on any atom is 0.320 e. The lowest BCUT2D eigenvalue weighted by molar-refractivity contribution is -0.385. The number of carbonyl (C=O) groups is 1. The number of carboxylic acid groups (broad SMARTS) is 1. The fourth-order valence-corrected chi connectivity index (χ4v) is 2.45. The predicted octanol–water partition coefficient (Wildman–Crippen LogP) is 2.19. The molecule has 1 atom stereocenters. The topological polar surface area (TPSA) is 110 Å². The molecule has 0 saturated carbocycles. The average molecular weight is 329 g/mol. The summed E-state index contributed by atoms with van der Waals surface area (Å²) in [5.41, 5.74) is 7.60. The van der Waals surface area contributed by atoms with Gasteiger partial charge < -0.3 is 15.7 Å². The van der Waals surface area contributed by atoms with Gasteiger partial charge in [-0.3, -0.25) is 14.9 Å². The summed E-state index contributed by atoms with van der Waals surface area (Å²) < 4.78 is 0. The zero-order valence-electron chi connectivity index (χ0n) is 13.3. The van der Waals surface area contributed by atoms with E-state index in [0.29, 0.717) is 12.1 Å². The summed E-state index contributed by atoms with van der Waals surface area (Å²) >= 11 is 0. The van der Waals surface area contributed by atoms with Crippen molar-refractivity contribution in [3.63, 3.8) is 0 Å². The molecule has 24 heavy (non-hydrogen) atoms. The van der Waals surface area contributed by atoms with Crippen molar-refractivity contribution in [3.05, 3.63) is 69.8 Å². The Labute approximate surface area is 139 Å². The van der Waals surface area contributed by atoms with Crippen LogP contribution >= 0.6 is 0 Å². The quantitative estimate of drug-likeness (QED) is 0.595. The molecule has 2 aromatic rings. The molecule has 0 heterocycles. The monoisotopic (exact) mass is 329 g/mol. The SMILES string of the molecule is CN(Cc1ccc([N+](=O)[O-])c(CC(N)C(=O)O)c1)c1ccccc1. The predicted molar refractivity (Wildman–Crippen MR) is 91.0 cm³/mol. The van der Waals surface area contributed by atoms with Crippen LogP contribution < -0.4 is 10.6 Å². The van der Waals surface area contributed by atoms with Gasteiger partial charge in [0.15, 0.2) is 0 Å². The second kappa shape index (κ2) is 7.56. The third-order valence-electron chi connectivity index (χ3n) is 3.71. The lowest BCUT2D eigenvalue weighted by Gasteiger charge is -2.20. The largest absolute Gasteiger partial charge is 0.480 e. The second-order valence-electron chi connectivity index (χ2n) is 5.56. The van der Waals surface area contributed by atoms with Gasteiger partial charge in [0.2, 0.25) is 0 Å². The van der Waals surface area contributed by atoms with E-state index in [0.717, 1.165) is 11.3 Å². The summed E-state index contributed by atoms with van der Waals surface area (Å²) in [5.74, 6) is -1.18. The molecule has 0 amide bonds. The van der Waals surface area contributed by atoms with Crippen molar-refractivity contribution in [1.29, 1.82) is 0 Å². The van der Waals surface area contributed by atoms with E-state index in [2.05, 4.69) is 0 Å². The Morgan fingerprint density at radius 2 is 1.96 bits per heavy atom. The molecule has 0 fully saturated rings. The summed E-state index contributed by atoms with van der Waals surface area (Å²) in [6, 6.07) is 13.3. The summed E-state index contributed by atoms with van der Waals surface area (Å²) in [6.07, 6.45) is -0.0888. The van der Waals surface area contributed by atoms with Gasteiger partial charge >= 0.3 is 5.97 Å². The number of nitrogens with two attached hydrogens (primary N) is 1. The molecule has 0 aliphatic rings. The van der Waals surface area contributed by atoms with Crippen molar-refractivity contribution in [3.8, 4) is 0 Å². The zero-order valence-corrected chi connectivity index (χ0v) is 13.3. The van der Waals surface area contributed by atoms with Crippen LogP contribution in [-0.4, -0.2) is 29.1 Å². The highest BCUT2D eigenvalue weighted by atomic mass is 16.6. The van der Waals surface area contributed by atoms with Gasteiger partial charge in [0.05, 0.1) is 4.92 Å². The minimum atomic E-state index is -1.18. The van der Waals surface area contributed by atoms with E-state index in [9.17, 15) is 14.9 Å². The molecule has 0 bridgehead atoms. The van der Waals surface area contributed by atoms with Crippen molar-refractivity contribution in [2.75, 3.05) is 11.9 Å². The highest BCUT2D eigenvalue weighted by Crippen LogP contribution is 2.23. The Balaban J connectivity index is 2.25. The molecule has 0 aromatic heterocycles. The third-order valence-corrected chi connectivity index (χ3v) is 3.71. The number of nitrogens with zero attached hydrogens (tertiary/aromatic N) is 2.